The summed E-state index contributed by atoms with van der Waals surface area (Å²) in [7, 11) is 4.98. The van der Waals surface area contributed by atoms with Gasteiger partial charge in [0.15, 0.2) is 6.29 Å². The lowest BCUT2D eigenvalue weighted by Crippen LogP contribution is -2.31. The number of nitrogens with one attached hydrogen (secondary N) is 1. The quantitative estimate of drug-likeness (QED) is 0.188. The lowest BCUT2D eigenvalue weighted by Gasteiger charge is -2.19. The third-order valence-electron chi connectivity index (χ3n) is 4.00. The van der Waals surface area contributed by atoms with E-state index in [0.29, 0.717) is 22.9 Å². The van der Waals surface area contributed by atoms with Crippen molar-refractivity contribution in [3.8, 4) is 17.2 Å². The lowest BCUT2D eigenvalue weighted by atomic mass is 10.1. The first-order valence-electron chi connectivity index (χ1n) is 8.79. The molecular weight excluding hydrogens is 392 g/mol. The zero-order chi connectivity index (χ0) is 22.3. The largest absolute Gasteiger partial charge is 0.506 e. The normalized spacial score (nSPS) is 11.2. The van der Waals surface area contributed by atoms with Gasteiger partial charge in [0.25, 0.3) is 5.91 Å². The number of carboxylic acids is 1. The molecular formula is C21H22N2O7. The van der Waals surface area contributed by atoms with Gasteiger partial charge in [-0.1, -0.05) is 6.07 Å². The maximum absolute atomic E-state index is 12.1. The number of hydrogen-bond donors (Lipinski definition) is 3. The number of rotatable bonds is 9. The predicted molar refractivity (Wildman–Crippen MR) is 110 cm³/mol. The second-order valence-electron chi connectivity index (χ2n) is 6.31. The summed E-state index contributed by atoms with van der Waals surface area (Å²) in [5, 5.41) is 21.3. The zero-order valence-electron chi connectivity index (χ0n) is 16.7. The van der Waals surface area contributed by atoms with E-state index >= 15 is 0 Å². The van der Waals surface area contributed by atoms with Crippen molar-refractivity contribution in [2.24, 2.45) is 0 Å². The molecule has 0 radical (unpaired) electrons. The van der Waals surface area contributed by atoms with E-state index in [9.17, 15) is 19.5 Å². The first-order chi connectivity index (χ1) is 14.3. The molecule has 30 heavy (non-hydrogen) atoms. The Labute approximate surface area is 173 Å². The van der Waals surface area contributed by atoms with E-state index in [1.165, 1.54) is 6.07 Å². The lowest BCUT2D eigenvalue weighted by molar-refractivity contribution is -0.137. The number of aldehydes is 1. The molecule has 0 heterocycles. The van der Waals surface area contributed by atoms with E-state index in [1.807, 2.05) is 5.32 Å². The number of ether oxygens (including phenoxy) is 2. The molecule has 0 aliphatic carbocycles. The van der Waals surface area contributed by atoms with Crippen LogP contribution in [0.25, 0.3) is 5.76 Å². The van der Waals surface area contributed by atoms with Gasteiger partial charge in [0.1, 0.15) is 35.1 Å². The van der Waals surface area contributed by atoms with E-state index in [2.05, 4.69) is 0 Å². The SMILES string of the molecule is COc1cccc(Oc2ccc(/C(O)=C(\C=O)C(=O)NCC(=O)O)c(N(C)C)c2)c1. The van der Waals surface area contributed by atoms with E-state index < -0.39 is 29.8 Å². The number of aliphatic hydroxyl groups is 1. The van der Waals surface area contributed by atoms with Crippen LogP contribution >= 0.6 is 0 Å². The molecule has 0 spiro atoms. The monoisotopic (exact) mass is 414 g/mol. The summed E-state index contributed by atoms with van der Waals surface area (Å²) in [4.78, 5) is 35.7. The number of benzene rings is 2. The van der Waals surface area contributed by atoms with Crippen LogP contribution in [0.3, 0.4) is 0 Å². The summed E-state index contributed by atoms with van der Waals surface area (Å²) in [5.41, 5.74) is 0.0877. The standard InChI is InChI=1S/C21H22N2O7/c1-23(2)18-10-15(30-14-6-4-5-13(9-14)29-3)7-8-16(18)20(27)17(12-24)21(28)22-11-19(25)26/h4-10,12,27H,11H2,1-3H3,(H,22,28)(H,25,26)/b20-17-. The Morgan fingerprint density at radius 3 is 2.33 bits per heavy atom. The molecule has 2 aromatic carbocycles. The molecule has 1 amide bonds. The highest BCUT2D eigenvalue weighted by molar-refractivity contribution is 6.16. The minimum Gasteiger partial charge on any atom is -0.506 e. The van der Waals surface area contributed by atoms with Crippen LogP contribution < -0.4 is 19.7 Å². The Morgan fingerprint density at radius 1 is 1.07 bits per heavy atom. The molecule has 0 fully saturated rings. The summed E-state index contributed by atoms with van der Waals surface area (Å²) in [6, 6.07) is 11.7. The predicted octanol–water partition coefficient (Wildman–Crippen LogP) is 2.22. The molecule has 0 unspecified atom stereocenters. The minimum absolute atomic E-state index is 0.173. The Hall–Kier alpha value is -4.01. The molecule has 0 aromatic heterocycles. The van der Waals surface area contributed by atoms with Crippen LogP contribution in [0.2, 0.25) is 0 Å². The topological polar surface area (TPSA) is 125 Å². The van der Waals surface area contributed by atoms with Crippen molar-refractivity contribution in [1.29, 1.82) is 0 Å². The second-order valence-corrected chi connectivity index (χ2v) is 6.31. The van der Waals surface area contributed by atoms with Crippen molar-refractivity contribution < 1.29 is 34.1 Å². The van der Waals surface area contributed by atoms with E-state index in [4.69, 9.17) is 14.6 Å². The van der Waals surface area contributed by atoms with Crippen molar-refractivity contribution in [2.45, 2.75) is 0 Å². The van der Waals surface area contributed by atoms with Crippen LogP contribution in [0.15, 0.2) is 48.0 Å². The van der Waals surface area contributed by atoms with Crippen LogP contribution in [-0.4, -0.2) is 56.1 Å². The Morgan fingerprint density at radius 2 is 1.73 bits per heavy atom. The average Bonchev–Trinajstić information content (AvgIpc) is 2.72. The van der Waals surface area contributed by atoms with Crippen LogP contribution in [0.4, 0.5) is 5.69 Å². The number of amides is 1. The highest BCUT2D eigenvalue weighted by atomic mass is 16.5. The first-order valence-corrected chi connectivity index (χ1v) is 8.79. The third kappa shape index (κ3) is 5.51. The zero-order valence-corrected chi connectivity index (χ0v) is 16.7. The fraction of sp³-hybridized carbons (Fsp3) is 0.190. The Balaban J connectivity index is 2.41. The molecule has 0 saturated heterocycles. The number of carbonyl (C=O) groups is 3. The van der Waals surface area contributed by atoms with Gasteiger partial charge in [0, 0.05) is 31.8 Å². The highest BCUT2D eigenvalue weighted by Crippen LogP contribution is 2.33. The molecule has 0 saturated carbocycles. The molecule has 0 aliphatic heterocycles. The third-order valence-corrected chi connectivity index (χ3v) is 4.00. The van der Waals surface area contributed by atoms with Gasteiger partial charge >= 0.3 is 5.97 Å². The molecule has 0 atom stereocenters. The summed E-state index contributed by atoms with van der Waals surface area (Å²) < 4.78 is 11.0. The van der Waals surface area contributed by atoms with Crippen LogP contribution in [0, 0.1) is 0 Å². The maximum Gasteiger partial charge on any atom is 0.322 e. The number of methoxy groups -OCH3 is 1. The van der Waals surface area contributed by atoms with Gasteiger partial charge in [0.05, 0.1) is 12.8 Å². The Kier molecular flexibility index (Phi) is 7.40. The average molecular weight is 414 g/mol. The smallest absolute Gasteiger partial charge is 0.322 e. The summed E-state index contributed by atoms with van der Waals surface area (Å²) in [6.07, 6.45) is 0.173. The van der Waals surface area contributed by atoms with Crippen molar-refractivity contribution in [3.05, 3.63) is 53.6 Å². The van der Waals surface area contributed by atoms with Crippen LogP contribution in [0.1, 0.15) is 5.56 Å². The van der Waals surface area contributed by atoms with Gasteiger partial charge in [-0.15, -0.1) is 0 Å². The van der Waals surface area contributed by atoms with Gasteiger partial charge in [-0.05, 0) is 24.3 Å². The number of carbonyl (C=O) groups excluding carboxylic acids is 2. The maximum atomic E-state index is 12.1. The number of aliphatic carboxylic acids is 1. The molecule has 0 bridgehead atoms. The molecule has 0 aliphatic rings. The van der Waals surface area contributed by atoms with Gasteiger partial charge in [-0.2, -0.15) is 0 Å². The number of aliphatic hydroxyl groups excluding tert-OH is 1. The molecule has 9 nitrogen and oxygen atoms in total. The van der Waals surface area contributed by atoms with E-state index in [1.54, 1.807) is 62.5 Å². The number of anilines is 1. The van der Waals surface area contributed by atoms with Crippen LogP contribution in [0.5, 0.6) is 17.2 Å². The van der Waals surface area contributed by atoms with Crippen molar-refractivity contribution in [3.63, 3.8) is 0 Å². The number of hydrogen-bond acceptors (Lipinski definition) is 7. The van der Waals surface area contributed by atoms with Gasteiger partial charge in [-0.3, -0.25) is 14.4 Å². The Bertz CT molecular complexity index is 983. The highest BCUT2D eigenvalue weighted by Gasteiger charge is 2.20. The molecule has 2 rings (SSSR count). The minimum atomic E-state index is -1.28. The van der Waals surface area contributed by atoms with Gasteiger partial charge in [-0.25, -0.2) is 0 Å². The van der Waals surface area contributed by atoms with Crippen molar-refractivity contribution in [1.82, 2.24) is 5.32 Å². The number of nitrogens with zero attached hydrogens (tertiary/aromatic N) is 1. The van der Waals surface area contributed by atoms with E-state index in [0.717, 1.165) is 0 Å². The molecule has 3 N–H and O–H groups in total. The molecule has 9 heteroatoms. The number of carboxylic acid groups (broad SMARTS) is 1. The van der Waals surface area contributed by atoms with Gasteiger partial charge in [0.2, 0.25) is 0 Å². The van der Waals surface area contributed by atoms with Crippen molar-refractivity contribution in [2.75, 3.05) is 32.6 Å². The summed E-state index contributed by atoms with van der Waals surface area (Å²) in [6.45, 7) is -0.683. The fourth-order valence-corrected chi connectivity index (χ4v) is 2.56. The molecule has 2 aromatic rings. The summed E-state index contributed by atoms with van der Waals surface area (Å²) in [5.74, 6) is -1.24. The summed E-state index contributed by atoms with van der Waals surface area (Å²) >= 11 is 0. The van der Waals surface area contributed by atoms with Crippen molar-refractivity contribution >= 4 is 29.6 Å². The fourth-order valence-electron chi connectivity index (χ4n) is 2.56. The van der Waals surface area contributed by atoms with E-state index in [-0.39, 0.29) is 11.8 Å². The molecule has 158 valence electrons. The first kappa shape index (κ1) is 22.3. The second kappa shape index (κ2) is 9.97. The van der Waals surface area contributed by atoms with Crippen LogP contribution in [-0.2, 0) is 14.4 Å². The van der Waals surface area contributed by atoms with Gasteiger partial charge < -0.3 is 29.9 Å².